The summed E-state index contributed by atoms with van der Waals surface area (Å²) in [5, 5.41) is 5.17. The SMILES string of the molecule is CC(C)NC(=O)C(=O)Nc1ccc(N)cc1Cl. The molecule has 5 nitrogen and oxygen atoms in total. The van der Waals surface area contributed by atoms with E-state index in [1.54, 1.807) is 19.9 Å². The average Bonchev–Trinajstić information content (AvgIpc) is 2.21. The molecule has 0 fully saturated rings. The van der Waals surface area contributed by atoms with Crippen molar-refractivity contribution < 1.29 is 9.59 Å². The molecule has 0 aliphatic heterocycles. The van der Waals surface area contributed by atoms with Gasteiger partial charge in [0.05, 0.1) is 10.7 Å². The summed E-state index contributed by atoms with van der Waals surface area (Å²) in [7, 11) is 0. The van der Waals surface area contributed by atoms with E-state index in [0.717, 1.165) is 0 Å². The van der Waals surface area contributed by atoms with Crippen LogP contribution in [-0.4, -0.2) is 17.9 Å². The minimum atomic E-state index is -0.759. The molecular weight excluding hydrogens is 242 g/mol. The number of nitrogens with two attached hydrogens (primary N) is 1. The van der Waals surface area contributed by atoms with Crippen LogP contribution in [0.4, 0.5) is 11.4 Å². The Kier molecular flexibility index (Phi) is 4.34. The second-order valence-corrected chi connectivity index (χ2v) is 4.23. The number of nitrogens with one attached hydrogen (secondary N) is 2. The Morgan fingerprint density at radius 3 is 2.47 bits per heavy atom. The predicted molar refractivity (Wildman–Crippen MR) is 67.8 cm³/mol. The molecule has 0 saturated carbocycles. The first kappa shape index (κ1) is 13.3. The summed E-state index contributed by atoms with van der Waals surface area (Å²) in [6, 6.07) is 4.52. The highest BCUT2D eigenvalue weighted by Gasteiger charge is 2.15. The van der Waals surface area contributed by atoms with E-state index in [9.17, 15) is 9.59 Å². The van der Waals surface area contributed by atoms with Crippen molar-refractivity contribution in [1.29, 1.82) is 0 Å². The molecule has 0 aromatic heterocycles. The van der Waals surface area contributed by atoms with Crippen molar-refractivity contribution in [3.63, 3.8) is 0 Å². The van der Waals surface area contributed by atoms with Gasteiger partial charge in [0.1, 0.15) is 0 Å². The summed E-state index contributed by atoms with van der Waals surface area (Å²) in [6.07, 6.45) is 0. The first-order valence-electron chi connectivity index (χ1n) is 5.07. The quantitative estimate of drug-likeness (QED) is 0.551. The van der Waals surface area contributed by atoms with Gasteiger partial charge in [-0.15, -0.1) is 0 Å². The van der Waals surface area contributed by atoms with Crippen LogP contribution in [0.1, 0.15) is 13.8 Å². The summed E-state index contributed by atoms with van der Waals surface area (Å²) in [6.45, 7) is 3.53. The maximum absolute atomic E-state index is 11.5. The second kappa shape index (κ2) is 5.54. The highest BCUT2D eigenvalue weighted by Crippen LogP contribution is 2.23. The van der Waals surface area contributed by atoms with Gasteiger partial charge in [0.2, 0.25) is 0 Å². The van der Waals surface area contributed by atoms with Crippen molar-refractivity contribution in [2.24, 2.45) is 0 Å². The first-order chi connectivity index (χ1) is 7.90. The summed E-state index contributed by atoms with van der Waals surface area (Å²) < 4.78 is 0. The zero-order valence-electron chi connectivity index (χ0n) is 9.58. The second-order valence-electron chi connectivity index (χ2n) is 3.82. The van der Waals surface area contributed by atoms with E-state index < -0.39 is 11.8 Å². The van der Waals surface area contributed by atoms with Gasteiger partial charge in [0.25, 0.3) is 0 Å². The molecule has 0 heterocycles. The zero-order chi connectivity index (χ0) is 13.0. The fourth-order valence-electron chi connectivity index (χ4n) is 1.14. The Balaban J connectivity index is 2.71. The van der Waals surface area contributed by atoms with E-state index in [-0.39, 0.29) is 11.1 Å². The smallest absolute Gasteiger partial charge is 0.313 e. The van der Waals surface area contributed by atoms with Crippen molar-refractivity contribution in [1.82, 2.24) is 5.32 Å². The van der Waals surface area contributed by atoms with Crippen molar-refractivity contribution in [2.45, 2.75) is 19.9 Å². The lowest BCUT2D eigenvalue weighted by Gasteiger charge is -2.09. The summed E-state index contributed by atoms with van der Waals surface area (Å²) in [5.41, 5.74) is 6.34. The Morgan fingerprint density at radius 2 is 1.94 bits per heavy atom. The van der Waals surface area contributed by atoms with Crippen LogP contribution < -0.4 is 16.4 Å². The number of rotatable bonds is 2. The van der Waals surface area contributed by atoms with Crippen molar-refractivity contribution in [3.8, 4) is 0 Å². The van der Waals surface area contributed by atoms with Gasteiger partial charge in [-0.05, 0) is 32.0 Å². The monoisotopic (exact) mass is 255 g/mol. The molecule has 0 aliphatic carbocycles. The Bertz CT molecular complexity index is 446. The molecule has 1 rings (SSSR count). The third kappa shape index (κ3) is 3.96. The summed E-state index contributed by atoms with van der Waals surface area (Å²) in [4.78, 5) is 22.8. The van der Waals surface area contributed by atoms with Gasteiger partial charge in [-0.2, -0.15) is 0 Å². The third-order valence-electron chi connectivity index (χ3n) is 1.87. The Morgan fingerprint density at radius 1 is 1.29 bits per heavy atom. The van der Waals surface area contributed by atoms with E-state index in [0.29, 0.717) is 11.4 Å². The first-order valence-corrected chi connectivity index (χ1v) is 5.45. The molecule has 0 aliphatic rings. The molecule has 6 heteroatoms. The topological polar surface area (TPSA) is 84.2 Å². The van der Waals surface area contributed by atoms with Crippen LogP contribution >= 0.6 is 11.6 Å². The number of halogens is 1. The van der Waals surface area contributed by atoms with Crippen LogP contribution in [0.25, 0.3) is 0 Å². The molecule has 1 aromatic rings. The molecule has 4 N–H and O–H groups in total. The number of benzene rings is 1. The van der Waals surface area contributed by atoms with Crippen LogP contribution in [0.15, 0.2) is 18.2 Å². The van der Waals surface area contributed by atoms with Crippen molar-refractivity contribution in [3.05, 3.63) is 23.2 Å². The largest absolute Gasteiger partial charge is 0.399 e. The average molecular weight is 256 g/mol. The lowest BCUT2D eigenvalue weighted by Crippen LogP contribution is -2.39. The van der Waals surface area contributed by atoms with Gasteiger partial charge in [-0.3, -0.25) is 9.59 Å². The minimum absolute atomic E-state index is 0.102. The molecule has 0 atom stereocenters. The number of hydrogen-bond acceptors (Lipinski definition) is 3. The standard InChI is InChI=1S/C11H14ClN3O2/c1-6(2)14-10(16)11(17)15-9-4-3-7(13)5-8(9)12/h3-6H,13H2,1-2H3,(H,14,16)(H,15,17). The number of carbonyl (C=O) groups excluding carboxylic acids is 2. The number of hydrogen-bond donors (Lipinski definition) is 3. The van der Waals surface area contributed by atoms with E-state index in [1.807, 2.05) is 0 Å². The van der Waals surface area contributed by atoms with Crippen LogP contribution in [-0.2, 0) is 9.59 Å². The van der Waals surface area contributed by atoms with Gasteiger partial charge in [-0.25, -0.2) is 0 Å². The molecule has 0 spiro atoms. The number of amides is 2. The lowest BCUT2D eigenvalue weighted by molar-refractivity contribution is -0.136. The van der Waals surface area contributed by atoms with E-state index >= 15 is 0 Å². The van der Waals surface area contributed by atoms with Crippen LogP contribution in [0.5, 0.6) is 0 Å². The molecule has 1 aromatic carbocycles. The summed E-state index contributed by atoms with van der Waals surface area (Å²) in [5.74, 6) is -1.46. The van der Waals surface area contributed by atoms with Gasteiger partial charge < -0.3 is 16.4 Å². The van der Waals surface area contributed by atoms with Crippen LogP contribution in [0.3, 0.4) is 0 Å². The third-order valence-corrected chi connectivity index (χ3v) is 2.18. The Hall–Kier alpha value is -1.75. The zero-order valence-corrected chi connectivity index (χ0v) is 10.3. The normalized spacial score (nSPS) is 10.1. The highest BCUT2D eigenvalue weighted by molar-refractivity contribution is 6.41. The van der Waals surface area contributed by atoms with Gasteiger partial charge in [0, 0.05) is 11.7 Å². The maximum atomic E-state index is 11.5. The van der Waals surface area contributed by atoms with Gasteiger partial charge >= 0.3 is 11.8 Å². The van der Waals surface area contributed by atoms with Crippen molar-refractivity contribution in [2.75, 3.05) is 11.1 Å². The molecule has 0 saturated heterocycles. The Labute approximate surface area is 104 Å². The number of anilines is 2. The van der Waals surface area contributed by atoms with E-state index in [1.165, 1.54) is 12.1 Å². The van der Waals surface area contributed by atoms with Crippen LogP contribution in [0.2, 0.25) is 5.02 Å². The molecule has 0 bridgehead atoms. The van der Waals surface area contributed by atoms with Crippen LogP contribution in [0, 0.1) is 0 Å². The minimum Gasteiger partial charge on any atom is -0.399 e. The van der Waals surface area contributed by atoms with E-state index in [2.05, 4.69) is 10.6 Å². The lowest BCUT2D eigenvalue weighted by atomic mass is 10.3. The fraction of sp³-hybridized carbons (Fsp3) is 0.273. The van der Waals surface area contributed by atoms with Gasteiger partial charge in [-0.1, -0.05) is 11.6 Å². The molecule has 2 amide bonds. The molecule has 0 radical (unpaired) electrons. The maximum Gasteiger partial charge on any atom is 0.313 e. The molecular formula is C11H14ClN3O2. The molecule has 0 unspecified atom stereocenters. The van der Waals surface area contributed by atoms with Crippen molar-refractivity contribution >= 4 is 34.8 Å². The predicted octanol–water partition coefficient (Wildman–Crippen LogP) is 1.39. The highest BCUT2D eigenvalue weighted by atomic mass is 35.5. The molecule has 92 valence electrons. The molecule has 17 heavy (non-hydrogen) atoms. The van der Waals surface area contributed by atoms with Gasteiger partial charge in [0.15, 0.2) is 0 Å². The summed E-state index contributed by atoms with van der Waals surface area (Å²) >= 11 is 5.86. The number of carbonyl (C=O) groups is 2. The number of nitrogen functional groups attached to an aromatic ring is 1. The fourth-order valence-corrected chi connectivity index (χ4v) is 1.38. The van der Waals surface area contributed by atoms with E-state index in [4.69, 9.17) is 17.3 Å².